The Labute approximate surface area is 71.9 Å². The van der Waals surface area contributed by atoms with Crippen LogP contribution in [0.2, 0.25) is 0 Å². The van der Waals surface area contributed by atoms with Crippen molar-refractivity contribution in [3.63, 3.8) is 0 Å². The van der Waals surface area contributed by atoms with Gasteiger partial charge in [0, 0.05) is 19.6 Å². The van der Waals surface area contributed by atoms with E-state index in [2.05, 4.69) is 5.32 Å². The van der Waals surface area contributed by atoms with Gasteiger partial charge in [-0.3, -0.25) is 4.79 Å². The molecule has 0 unspecified atom stereocenters. The molecule has 0 aromatic carbocycles. The van der Waals surface area contributed by atoms with Crippen molar-refractivity contribution in [3.8, 4) is 0 Å². The molecular weight excluding hydrogens is 156 g/mol. The van der Waals surface area contributed by atoms with Crippen molar-refractivity contribution in [2.45, 2.75) is 19.1 Å². The quantitative estimate of drug-likeness (QED) is 0.518. The summed E-state index contributed by atoms with van der Waals surface area (Å²) in [5.41, 5.74) is 0. The number of nitrogens with one attached hydrogen (secondary N) is 1. The predicted molar refractivity (Wildman–Crippen MR) is 43.8 cm³/mol. The maximum atomic E-state index is 11.5. The lowest BCUT2D eigenvalue weighted by atomic mass is 10.1. The molecule has 1 N–H and O–H groups in total. The first-order valence-electron chi connectivity index (χ1n) is 4.42. The van der Waals surface area contributed by atoms with Gasteiger partial charge >= 0.3 is 0 Å². The standard InChI is InChI=1S/C8H14N2O2/c1-6-8(11)10-3-2-9-4-7(10)5-12-6/h6-7,9H,2-5H2,1H3/t6-,7+/m1/s1. The largest absolute Gasteiger partial charge is 0.366 e. The maximum absolute atomic E-state index is 11.5. The number of morpholine rings is 1. The molecule has 0 radical (unpaired) electrons. The van der Waals surface area contributed by atoms with Crippen LogP contribution in [0.3, 0.4) is 0 Å². The normalized spacial score (nSPS) is 36.4. The molecule has 2 atom stereocenters. The summed E-state index contributed by atoms with van der Waals surface area (Å²) in [4.78, 5) is 13.5. The van der Waals surface area contributed by atoms with Gasteiger partial charge in [0.15, 0.2) is 0 Å². The third-order valence-electron chi connectivity index (χ3n) is 2.52. The van der Waals surface area contributed by atoms with Crippen molar-refractivity contribution in [2.75, 3.05) is 26.2 Å². The number of rotatable bonds is 0. The van der Waals surface area contributed by atoms with Gasteiger partial charge in [-0.25, -0.2) is 0 Å². The molecule has 2 heterocycles. The monoisotopic (exact) mass is 170 g/mol. The van der Waals surface area contributed by atoms with Crippen LogP contribution in [0.4, 0.5) is 0 Å². The molecule has 0 spiro atoms. The summed E-state index contributed by atoms with van der Waals surface area (Å²) in [5.74, 6) is 0.146. The zero-order valence-electron chi connectivity index (χ0n) is 7.25. The third-order valence-corrected chi connectivity index (χ3v) is 2.52. The van der Waals surface area contributed by atoms with Crippen molar-refractivity contribution in [3.05, 3.63) is 0 Å². The molecule has 4 heteroatoms. The second-order valence-corrected chi connectivity index (χ2v) is 3.37. The SMILES string of the molecule is C[C@H]1OC[C@@H]2CNCCN2C1=O. The molecule has 1 amide bonds. The van der Waals surface area contributed by atoms with Gasteiger partial charge < -0.3 is 15.0 Å². The van der Waals surface area contributed by atoms with E-state index in [0.29, 0.717) is 6.61 Å². The average molecular weight is 170 g/mol. The topological polar surface area (TPSA) is 41.6 Å². The fourth-order valence-electron chi connectivity index (χ4n) is 1.76. The van der Waals surface area contributed by atoms with Crippen LogP contribution in [0.15, 0.2) is 0 Å². The van der Waals surface area contributed by atoms with Gasteiger partial charge in [0.25, 0.3) is 5.91 Å². The molecule has 2 aliphatic rings. The van der Waals surface area contributed by atoms with Gasteiger partial charge in [-0.15, -0.1) is 0 Å². The van der Waals surface area contributed by atoms with E-state index in [1.165, 1.54) is 0 Å². The van der Waals surface area contributed by atoms with Crippen LogP contribution in [-0.2, 0) is 9.53 Å². The number of piperazine rings is 1. The molecule has 2 rings (SSSR count). The van der Waals surface area contributed by atoms with Gasteiger partial charge in [0.1, 0.15) is 6.10 Å². The molecule has 2 saturated heterocycles. The molecule has 2 fully saturated rings. The van der Waals surface area contributed by atoms with Crippen LogP contribution in [0, 0.1) is 0 Å². The van der Waals surface area contributed by atoms with E-state index in [1.54, 1.807) is 0 Å². The first-order valence-corrected chi connectivity index (χ1v) is 4.42. The summed E-state index contributed by atoms with van der Waals surface area (Å²) >= 11 is 0. The highest BCUT2D eigenvalue weighted by Gasteiger charge is 2.34. The zero-order chi connectivity index (χ0) is 8.55. The first kappa shape index (κ1) is 8.01. The number of amides is 1. The highest BCUT2D eigenvalue weighted by atomic mass is 16.5. The Morgan fingerprint density at radius 1 is 1.67 bits per heavy atom. The van der Waals surface area contributed by atoms with E-state index < -0.39 is 0 Å². The Kier molecular flexibility index (Phi) is 2.02. The smallest absolute Gasteiger partial charge is 0.251 e. The van der Waals surface area contributed by atoms with Gasteiger partial charge in [-0.2, -0.15) is 0 Å². The van der Waals surface area contributed by atoms with Crippen LogP contribution in [0.5, 0.6) is 0 Å². The number of carbonyl (C=O) groups excluding carboxylic acids is 1. The summed E-state index contributed by atoms with van der Waals surface area (Å²) in [5, 5.41) is 3.25. The summed E-state index contributed by atoms with van der Waals surface area (Å²) in [6, 6.07) is 0.266. The summed E-state index contributed by atoms with van der Waals surface area (Å²) in [6.45, 7) is 5.12. The Morgan fingerprint density at radius 3 is 3.33 bits per heavy atom. The van der Waals surface area contributed by atoms with E-state index in [9.17, 15) is 4.79 Å². The molecule has 2 aliphatic heterocycles. The molecule has 4 nitrogen and oxygen atoms in total. The lowest BCUT2D eigenvalue weighted by molar-refractivity contribution is -0.159. The van der Waals surface area contributed by atoms with Crippen molar-refractivity contribution >= 4 is 5.91 Å². The van der Waals surface area contributed by atoms with E-state index in [-0.39, 0.29) is 18.1 Å². The summed E-state index contributed by atoms with van der Waals surface area (Å²) < 4.78 is 5.33. The Morgan fingerprint density at radius 2 is 2.50 bits per heavy atom. The van der Waals surface area contributed by atoms with Crippen LogP contribution in [0.25, 0.3) is 0 Å². The maximum Gasteiger partial charge on any atom is 0.251 e. The molecule has 68 valence electrons. The third kappa shape index (κ3) is 1.21. The Hall–Kier alpha value is -0.610. The molecule has 12 heavy (non-hydrogen) atoms. The number of carbonyl (C=O) groups is 1. The number of fused-ring (bicyclic) bond motifs is 1. The van der Waals surface area contributed by atoms with Crippen LogP contribution in [-0.4, -0.2) is 49.2 Å². The van der Waals surface area contributed by atoms with Crippen LogP contribution < -0.4 is 5.32 Å². The van der Waals surface area contributed by atoms with E-state index in [4.69, 9.17) is 4.74 Å². The van der Waals surface area contributed by atoms with Gasteiger partial charge in [-0.1, -0.05) is 0 Å². The predicted octanol–water partition coefficient (Wildman–Crippen LogP) is -0.794. The van der Waals surface area contributed by atoms with Gasteiger partial charge in [-0.05, 0) is 6.92 Å². The van der Waals surface area contributed by atoms with Crippen LogP contribution >= 0.6 is 0 Å². The molecule has 0 aromatic rings. The lowest BCUT2D eigenvalue weighted by Crippen LogP contribution is -2.61. The van der Waals surface area contributed by atoms with Crippen molar-refractivity contribution in [1.29, 1.82) is 0 Å². The highest BCUT2D eigenvalue weighted by molar-refractivity contribution is 5.81. The van der Waals surface area contributed by atoms with Crippen molar-refractivity contribution in [1.82, 2.24) is 10.2 Å². The second kappa shape index (κ2) is 3.03. The molecule has 0 saturated carbocycles. The fraction of sp³-hybridized carbons (Fsp3) is 0.875. The van der Waals surface area contributed by atoms with Crippen molar-refractivity contribution < 1.29 is 9.53 Å². The minimum Gasteiger partial charge on any atom is -0.366 e. The van der Waals surface area contributed by atoms with Crippen molar-refractivity contribution in [2.24, 2.45) is 0 Å². The highest BCUT2D eigenvalue weighted by Crippen LogP contribution is 2.14. The Balaban J connectivity index is 2.08. The Bertz CT molecular complexity index is 195. The number of hydrogen-bond acceptors (Lipinski definition) is 3. The van der Waals surface area contributed by atoms with Gasteiger partial charge in [0.2, 0.25) is 0 Å². The molecular formula is C8H14N2O2. The van der Waals surface area contributed by atoms with E-state index in [0.717, 1.165) is 19.6 Å². The number of ether oxygens (including phenoxy) is 1. The molecule has 0 bridgehead atoms. The summed E-state index contributed by atoms with van der Waals surface area (Å²) in [6.07, 6.45) is -0.237. The second-order valence-electron chi connectivity index (χ2n) is 3.37. The van der Waals surface area contributed by atoms with Gasteiger partial charge in [0.05, 0.1) is 12.6 Å². The van der Waals surface area contributed by atoms with E-state index in [1.807, 2.05) is 11.8 Å². The number of nitrogens with zero attached hydrogens (tertiary/aromatic N) is 1. The summed E-state index contributed by atoms with van der Waals surface area (Å²) in [7, 11) is 0. The minimum absolute atomic E-state index is 0.146. The average Bonchev–Trinajstić information content (AvgIpc) is 2.12. The van der Waals surface area contributed by atoms with E-state index >= 15 is 0 Å². The number of hydrogen-bond donors (Lipinski definition) is 1. The van der Waals surface area contributed by atoms with Crippen LogP contribution in [0.1, 0.15) is 6.92 Å². The minimum atomic E-state index is -0.237. The lowest BCUT2D eigenvalue weighted by Gasteiger charge is -2.41. The molecule has 0 aromatic heterocycles. The fourth-order valence-corrected chi connectivity index (χ4v) is 1.76. The molecule has 0 aliphatic carbocycles. The first-order chi connectivity index (χ1) is 5.79. The zero-order valence-corrected chi connectivity index (χ0v) is 7.25.